The molecule has 1 aliphatic rings. The lowest BCUT2D eigenvalue weighted by Gasteiger charge is -2.35. The molecule has 0 fully saturated rings. The van der Waals surface area contributed by atoms with Gasteiger partial charge in [0.15, 0.2) is 5.58 Å². The molecule has 3 nitrogen and oxygen atoms in total. The van der Waals surface area contributed by atoms with Gasteiger partial charge in [-0.2, -0.15) is 0 Å². The molecule has 11 aromatic rings. The molecule has 0 amide bonds. The first-order valence-corrected chi connectivity index (χ1v) is 21.2. The van der Waals surface area contributed by atoms with Gasteiger partial charge in [-0.3, -0.25) is 0 Å². The van der Waals surface area contributed by atoms with E-state index in [1.54, 1.807) is 0 Å². The fourth-order valence-corrected chi connectivity index (χ4v) is 10.7. The average molecular weight is 785 g/mol. The van der Waals surface area contributed by atoms with Gasteiger partial charge in [-0.15, -0.1) is 11.3 Å². The van der Waals surface area contributed by atoms with E-state index in [9.17, 15) is 0 Å². The Labute approximate surface area is 352 Å². The van der Waals surface area contributed by atoms with Gasteiger partial charge in [0.05, 0.1) is 15.8 Å². The molecular formula is C56H36N2OS. The summed E-state index contributed by atoms with van der Waals surface area (Å²) in [5, 5.41) is 2.52. The number of thiophene rings is 1. The van der Waals surface area contributed by atoms with Crippen molar-refractivity contribution in [2.75, 3.05) is 4.90 Å². The van der Waals surface area contributed by atoms with E-state index in [0.29, 0.717) is 5.89 Å². The van der Waals surface area contributed by atoms with Gasteiger partial charge < -0.3 is 9.32 Å². The highest BCUT2D eigenvalue weighted by molar-refractivity contribution is 7.26. The van der Waals surface area contributed by atoms with Crippen molar-refractivity contribution in [3.63, 3.8) is 0 Å². The topological polar surface area (TPSA) is 29.3 Å². The Bertz CT molecular complexity index is 3330. The number of oxazole rings is 1. The Morgan fingerprint density at radius 1 is 0.450 bits per heavy atom. The first kappa shape index (κ1) is 34.5. The highest BCUT2D eigenvalue weighted by atomic mass is 32.1. The number of benzene rings is 9. The molecular weight excluding hydrogens is 749 g/mol. The van der Waals surface area contributed by atoms with Crippen molar-refractivity contribution in [1.82, 2.24) is 4.98 Å². The van der Waals surface area contributed by atoms with Gasteiger partial charge in [0, 0.05) is 32.4 Å². The number of hydrogen-bond acceptors (Lipinski definition) is 4. The Hall–Kier alpha value is -7.53. The van der Waals surface area contributed by atoms with E-state index in [1.165, 1.54) is 59.1 Å². The largest absolute Gasteiger partial charge is 0.436 e. The third-order valence-corrected chi connectivity index (χ3v) is 13.4. The molecule has 282 valence electrons. The summed E-state index contributed by atoms with van der Waals surface area (Å²) in [6.45, 7) is 0. The molecule has 1 aliphatic carbocycles. The first-order valence-electron chi connectivity index (χ1n) is 20.4. The summed E-state index contributed by atoms with van der Waals surface area (Å²) in [7, 11) is 0. The van der Waals surface area contributed by atoms with E-state index < -0.39 is 5.41 Å². The Balaban J connectivity index is 1.07. The number of rotatable bonds is 7. The van der Waals surface area contributed by atoms with Crippen LogP contribution in [-0.2, 0) is 5.41 Å². The highest BCUT2D eigenvalue weighted by Gasteiger charge is 2.46. The van der Waals surface area contributed by atoms with E-state index in [2.05, 4.69) is 217 Å². The van der Waals surface area contributed by atoms with Crippen LogP contribution in [0.3, 0.4) is 0 Å². The van der Waals surface area contributed by atoms with Crippen LogP contribution in [-0.4, -0.2) is 4.98 Å². The summed E-state index contributed by atoms with van der Waals surface area (Å²) in [6.07, 6.45) is 0. The lowest BCUT2D eigenvalue weighted by Crippen LogP contribution is -2.28. The summed E-state index contributed by atoms with van der Waals surface area (Å²) in [4.78, 5) is 7.53. The molecule has 0 N–H and O–H groups in total. The molecule has 2 aromatic heterocycles. The van der Waals surface area contributed by atoms with Gasteiger partial charge in [-0.05, 0) is 99.1 Å². The van der Waals surface area contributed by atoms with Gasteiger partial charge in [0.25, 0.3) is 0 Å². The molecule has 2 heterocycles. The summed E-state index contributed by atoms with van der Waals surface area (Å²) >= 11 is 1.84. The normalized spacial score (nSPS) is 12.8. The van der Waals surface area contributed by atoms with Crippen molar-refractivity contribution >= 4 is 59.7 Å². The fourth-order valence-electron chi connectivity index (χ4n) is 9.52. The Morgan fingerprint density at radius 2 is 1.05 bits per heavy atom. The molecule has 0 aliphatic heterocycles. The maximum absolute atomic E-state index is 6.45. The number of fused-ring (bicyclic) bond motifs is 7. The van der Waals surface area contributed by atoms with Crippen LogP contribution in [0.5, 0.6) is 0 Å². The maximum atomic E-state index is 6.45. The summed E-state index contributed by atoms with van der Waals surface area (Å²) < 4.78 is 8.96. The maximum Gasteiger partial charge on any atom is 0.227 e. The molecule has 0 saturated carbocycles. The molecule has 12 rings (SSSR count). The molecule has 0 spiro atoms. The molecule has 0 radical (unpaired) electrons. The molecule has 9 aromatic carbocycles. The van der Waals surface area contributed by atoms with Crippen LogP contribution in [0.2, 0.25) is 0 Å². The SMILES string of the molecule is c1ccc(-c2ccc(-c3nc4cc(N(c5ccc6c(c5)C(c5ccccc5)(c5ccccc5)c5ccccc5-6)c5cccc6c5sc5ccccc56)ccc4o3)cc2)cc1. The minimum atomic E-state index is -0.527. The monoisotopic (exact) mass is 784 g/mol. The zero-order valence-corrected chi connectivity index (χ0v) is 33.3. The van der Waals surface area contributed by atoms with E-state index in [1.807, 2.05) is 17.4 Å². The van der Waals surface area contributed by atoms with Gasteiger partial charge >= 0.3 is 0 Å². The van der Waals surface area contributed by atoms with Crippen molar-refractivity contribution in [1.29, 1.82) is 0 Å². The van der Waals surface area contributed by atoms with Crippen molar-refractivity contribution in [2.45, 2.75) is 5.41 Å². The quantitative estimate of drug-likeness (QED) is 0.161. The Morgan fingerprint density at radius 3 is 1.83 bits per heavy atom. The van der Waals surface area contributed by atoms with E-state index >= 15 is 0 Å². The van der Waals surface area contributed by atoms with Crippen molar-refractivity contribution in [2.24, 2.45) is 0 Å². The molecule has 0 unspecified atom stereocenters. The van der Waals surface area contributed by atoms with Crippen LogP contribution in [0.15, 0.2) is 223 Å². The minimum Gasteiger partial charge on any atom is -0.436 e. The summed E-state index contributed by atoms with van der Waals surface area (Å²) in [5.74, 6) is 0.603. The van der Waals surface area contributed by atoms with Crippen molar-refractivity contribution in [3.05, 3.63) is 241 Å². The number of hydrogen-bond donors (Lipinski definition) is 0. The third-order valence-electron chi connectivity index (χ3n) is 12.2. The van der Waals surface area contributed by atoms with Gasteiger partial charge in [-0.1, -0.05) is 164 Å². The number of anilines is 3. The van der Waals surface area contributed by atoms with Crippen LogP contribution in [0.25, 0.3) is 65.0 Å². The first-order chi connectivity index (χ1) is 29.7. The van der Waals surface area contributed by atoms with Crippen LogP contribution >= 0.6 is 11.3 Å². The lowest BCUT2D eigenvalue weighted by molar-refractivity contribution is 0.620. The zero-order valence-electron chi connectivity index (χ0n) is 32.5. The standard InChI is InChI=1S/C56H36N2OS/c1-4-15-37(16-5-1)38-27-29-39(30-28-38)55-57-50-36-43(32-34-52(50)59-55)58(51-25-14-23-47-46-22-11-13-26-53(46)60-54(47)51)42-31-33-45-44-21-10-12-24-48(44)56(49(45)35-42,40-17-6-2-7-18-40)41-19-8-3-9-20-41/h1-36H. The van der Waals surface area contributed by atoms with Gasteiger partial charge in [-0.25, -0.2) is 4.98 Å². The Kier molecular flexibility index (Phi) is 7.94. The molecule has 4 heteroatoms. The average Bonchev–Trinajstić information content (AvgIpc) is 4.01. The second kappa shape index (κ2) is 13.8. The summed E-state index contributed by atoms with van der Waals surface area (Å²) in [5.41, 5.74) is 15.0. The zero-order chi connectivity index (χ0) is 39.6. The fraction of sp³-hybridized carbons (Fsp3) is 0.0179. The predicted molar refractivity (Wildman–Crippen MR) is 250 cm³/mol. The second-order valence-corrected chi connectivity index (χ2v) is 16.5. The minimum absolute atomic E-state index is 0.527. The van der Waals surface area contributed by atoms with Crippen LogP contribution in [0, 0.1) is 0 Å². The van der Waals surface area contributed by atoms with E-state index in [-0.39, 0.29) is 0 Å². The smallest absolute Gasteiger partial charge is 0.227 e. The molecule has 0 saturated heterocycles. The van der Waals surface area contributed by atoms with E-state index in [4.69, 9.17) is 9.40 Å². The van der Waals surface area contributed by atoms with Gasteiger partial charge in [0.2, 0.25) is 5.89 Å². The lowest BCUT2D eigenvalue weighted by atomic mass is 9.67. The second-order valence-electron chi connectivity index (χ2n) is 15.5. The van der Waals surface area contributed by atoms with Crippen LogP contribution in [0.1, 0.15) is 22.3 Å². The highest BCUT2D eigenvalue weighted by Crippen LogP contribution is 2.57. The molecule has 0 atom stereocenters. The number of nitrogens with zero attached hydrogens (tertiary/aromatic N) is 2. The van der Waals surface area contributed by atoms with Crippen molar-refractivity contribution in [3.8, 4) is 33.7 Å². The van der Waals surface area contributed by atoms with E-state index in [0.717, 1.165) is 39.3 Å². The van der Waals surface area contributed by atoms with Crippen LogP contribution < -0.4 is 4.90 Å². The van der Waals surface area contributed by atoms with Crippen molar-refractivity contribution < 1.29 is 4.42 Å². The summed E-state index contributed by atoms with van der Waals surface area (Å²) in [6, 6.07) is 78.8. The number of aromatic nitrogens is 1. The molecule has 60 heavy (non-hydrogen) atoms. The predicted octanol–water partition coefficient (Wildman–Crippen LogP) is 15.4. The third kappa shape index (κ3) is 5.31. The van der Waals surface area contributed by atoms with Crippen LogP contribution in [0.4, 0.5) is 17.1 Å². The molecule has 0 bridgehead atoms. The van der Waals surface area contributed by atoms with Gasteiger partial charge in [0.1, 0.15) is 5.52 Å².